The highest BCUT2D eigenvalue weighted by atomic mass is 19.4. The van der Waals surface area contributed by atoms with Gasteiger partial charge in [-0.3, -0.25) is 4.98 Å². The Balaban J connectivity index is 2.37. The number of anilines is 1. The molecule has 1 aromatic carbocycles. The van der Waals surface area contributed by atoms with Gasteiger partial charge in [-0.05, 0) is 36.3 Å². The molecule has 1 aromatic heterocycles. The fourth-order valence-electron chi connectivity index (χ4n) is 2.22. The van der Waals surface area contributed by atoms with Gasteiger partial charge >= 0.3 is 6.18 Å². The highest BCUT2D eigenvalue weighted by molar-refractivity contribution is 5.77. The highest BCUT2D eigenvalue weighted by Crippen LogP contribution is 2.29. The third kappa shape index (κ3) is 3.67. The molecule has 0 aliphatic heterocycles. The molecular weight excluding hydrogens is 289 g/mol. The summed E-state index contributed by atoms with van der Waals surface area (Å²) in [5, 5.41) is 3.09. The van der Waals surface area contributed by atoms with Crippen LogP contribution in [0.15, 0.2) is 36.5 Å². The van der Waals surface area contributed by atoms with Gasteiger partial charge in [0.1, 0.15) is 0 Å². The lowest BCUT2D eigenvalue weighted by atomic mass is 10.0. The molecule has 0 bridgehead atoms. The second kappa shape index (κ2) is 6.64. The molecule has 2 nitrogen and oxygen atoms in total. The van der Waals surface area contributed by atoms with Crippen molar-refractivity contribution in [2.75, 3.05) is 12.4 Å². The van der Waals surface area contributed by atoms with E-state index in [1.54, 1.807) is 12.2 Å². The summed E-state index contributed by atoms with van der Waals surface area (Å²) in [5.41, 5.74) is 2.60. The van der Waals surface area contributed by atoms with E-state index in [1.165, 1.54) is 6.20 Å². The zero-order chi connectivity index (χ0) is 16.2. The van der Waals surface area contributed by atoms with Crippen LogP contribution in [-0.4, -0.2) is 12.0 Å². The number of benzene rings is 1. The molecule has 116 valence electrons. The third-order valence-corrected chi connectivity index (χ3v) is 3.38. The number of hydrogen-bond acceptors (Lipinski definition) is 2. The molecule has 2 rings (SSSR count). The van der Waals surface area contributed by atoms with Crippen molar-refractivity contribution in [3.63, 3.8) is 0 Å². The number of alkyl halides is 3. The second-order valence-electron chi connectivity index (χ2n) is 4.78. The molecule has 0 atom stereocenters. The van der Waals surface area contributed by atoms with Crippen LogP contribution >= 0.6 is 0 Å². The van der Waals surface area contributed by atoms with Gasteiger partial charge in [-0.15, -0.1) is 0 Å². The lowest BCUT2D eigenvalue weighted by Crippen LogP contribution is -2.05. The predicted octanol–water partition coefficient (Wildman–Crippen LogP) is 4.87. The van der Waals surface area contributed by atoms with Crippen molar-refractivity contribution in [1.82, 2.24) is 4.98 Å². The number of halogens is 3. The summed E-state index contributed by atoms with van der Waals surface area (Å²) in [4.78, 5) is 3.97. The summed E-state index contributed by atoms with van der Waals surface area (Å²) < 4.78 is 38.1. The van der Waals surface area contributed by atoms with Crippen molar-refractivity contribution in [3.05, 3.63) is 58.9 Å². The number of aromatic nitrogens is 1. The van der Waals surface area contributed by atoms with Crippen molar-refractivity contribution in [1.29, 1.82) is 0 Å². The van der Waals surface area contributed by atoms with Crippen LogP contribution in [0.1, 0.15) is 29.3 Å². The zero-order valence-corrected chi connectivity index (χ0v) is 12.4. The van der Waals surface area contributed by atoms with Gasteiger partial charge < -0.3 is 5.32 Å². The van der Waals surface area contributed by atoms with Gasteiger partial charge in [0.2, 0.25) is 0 Å². The Morgan fingerprint density at radius 1 is 1.18 bits per heavy atom. The molecule has 0 unspecified atom stereocenters. The van der Waals surface area contributed by atoms with E-state index in [4.69, 9.17) is 0 Å². The Kier molecular flexibility index (Phi) is 4.85. The molecule has 0 saturated heterocycles. The molecule has 0 spiro atoms. The first-order chi connectivity index (χ1) is 10.5. The van der Waals surface area contributed by atoms with Crippen LogP contribution in [0.4, 0.5) is 18.9 Å². The highest BCUT2D eigenvalue weighted by Gasteiger charge is 2.30. The molecule has 2 aromatic rings. The summed E-state index contributed by atoms with van der Waals surface area (Å²) >= 11 is 0. The van der Waals surface area contributed by atoms with E-state index < -0.39 is 11.7 Å². The monoisotopic (exact) mass is 306 g/mol. The number of nitrogens with one attached hydrogen (secondary N) is 1. The largest absolute Gasteiger partial charge is 0.416 e. The van der Waals surface area contributed by atoms with Crippen LogP contribution in [0, 0.1) is 0 Å². The van der Waals surface area contributed by atoms with E-state index in [1.807, 2.05) is 32.2 Å². The second-order valence-corrected chi connectivity index (χ2v) is 4.78. The van der Waals surface area contributed by atoms with E-state index in [2.05, 4.69) is 10.3 Å². The lowest BCUT2D eigenvalue weighted by molar-refractivity contribution is -0.137. The van der Waals surface area contributed by atoms with Gasteiger partial charge in [-0.1, -0.05) is 25.1 Å². The summed E-state index contributed by atoms with van der Waals surface area (Å²) in [7, 11) is 1.81. The van der Waals surface area contributed by atoms with Crippen molar-refractivity contribution < 1.29 is 13.2 Å². The minimum absolute atomic E-state index is 0.280. The normalized spacial score (nSPS) is 11.9. The Bertz CT molecular complexity index is 654. The molecule has 0 fully saturated rings. The average molecular weight is 306 g/mol. The summed E-state index contributed by atoms with van der Waals surface area (Å²) in [6.07, 6.45) is 1.05. The Labute approximate surface area is 127 Å². The summed E-state index contributed by atoms with van der Waals surface area (Å²) in [6.45, 7) is 2.04. The van der Waals surface area contributed by atoms with Gasteiger partial charge in [-0.2, -0.15) is 13.2 Å². The molecule has 0 saturated carbocycles. The van der Waals surface area contributed by atoms with Crippen molar-refractivity contribution >= 4 is 17.8 Å². The quantitative estimate of drug-likeness (QED) is 0.871. The molecule has 5 heteroatoms. The molecule has 0 amide bonds. The maximum atomic E-state index is 12.7. The lowest BCUT2D eigenvalue weighted by Gasteiger charge is -2.10. The van der Waals surface area contributed by atoms with Crippen molar-refractivity contribution in [2.24, 2.45) is 0 Å². The van der Waals surface area contributed by atoms with Crippen LogP contribution in [0.3, 0.4) is 0 Å². The maximum absolute atomic E-state index is 12.7. The molecule has 0 radical (unpaired) electrons. The van der Waals surface area contributed by atoms with E-state index in [-0.39, 0.29) is 5.69 Å². The Hall–Kier alpha value is -2.30. The minimum atomic E-state index is -4.36. The fourth-order valence-corrected chi connectivity index (χ4v) is 2.22. The van der Waals surface area contributed by atoms with Crippen LogP contribution in [0.2, 0.25) is 0 Å². The SMILES string of the molecule is CCc1cccc(NC)c1/C=C/c1cc(C(F)(F)F)ccn1. The first-order valence-corrected chi connectivity index (χ1v) is 6.96. The topological polar surface area (TPSA) is 24.9 Å². The van der Waals surface area contributed by atoms with Crippen LogP contribution < -0.4 is 5.32 Å². The van der Waals surface area contributed by atoms with Crippen molar-refractivity contribution in [2.45, 2.75) is 19.5 Å². The summed E-state index contributed by atoms with van der Waals surface area (Å²) in [5.74, 6) is 0. The van der Waals surface area contributed by atoms with Gasteiger partial charge in [0.25, 0.3) is 0 Å². The predicted molar refractivity (Wildman–Crippen MR) is 83.5 cm³/mol. The van der Waals surface area contributed by atoms with E-state index >= 15 is 0 Å². The number of rotatable bonds is 4. The first-order valence-electron chi connectivity index (χ1n) is 6.96. The Morgan fingerprint density at radius 2 is 1.95 bits per heavy atom. The number of pyridine rings is 1. The fraction of sp³-hybridized carbons (Fsp3) is 0.235. The standard InChI is InChI=1S/C17H17F3N2/c1-3-12-5-4-6-16(21-2)15(12)8-7-14-11-13(9-10-22-14)17(18,19)20/h4-11,21H,3H2,1-2H3/b8-7+. The van der Waals surface area contributed by atoms with Gasteiger partial charge in [0.15, 0.2) is 0 Å². The number of aryl methyl sites for hydroxylation is 1. The minimum Gasteiger partial charge on any atom is -0.388 e. The van der Waals surface area contributed by atoms with Crippen LogP contribution in [0.25, 0.3) is 12.2 Å². The van der Waals surface area contributed by atoms with Crippen LogP contribution in [-0.2, 0) is 12.6 Å². The molecule has 0 aliphatic rings. The van der Waals surface area contributed by atoms with Gasteiger partial charge in [0, 0.05) is 24.5 Å². The molecule has 1 N–H and O–H groups in total. The van der Waals surface area contributed by atoms with E-state index in [9.17, 15) is 13.2 Å². The first kappa shape index (κ1) is 16.1. The van der Waals surface area contributed by atoms with E-state index in [0.29, 0.717) is 0 Å². The van der Waals surface area contributed by atoms with Gasteiger partial charge in [0.05, 0.1) is 11.3 Å². The van der Waals surface area contributed by atoms with Crippen LogP contribution in [0.5, 0.6) is 0 Å². The van der Waals surface area contributed by atoms with Gasteiger partial charge in [-0.25, -0.2) is 0 Å². The Morgan fingerprint density at radius 3 is 2.59 bits per heavy atom. The average Bonchev–Trinajstić information content (AvgIpc) is 2.52. The van der Waals surface area contributed by atoms with Crippen molar-refractivity contribution in [3.8, 4) is 0 Å². The smallest absolute Gasteiger partial charge is 0.388 e. The molecule has 22 heavy (non-hydrogen) atoms. The number of hydrogen-bond donors (Lipinski definition) is 1. The maximum Gasteiger partial charge on any atom is 0.416 e. The summed E-state index contributed by atoms with van der Waals surface area (Å²) in [6, 6.07) is 7.89. The molecule has 0 aliphatic carbocycles. The van der Waals surface area contributed by atoms with E-state index in [0.717, 1.165) is 35.4 Å². The third-order valence-electron chi connectivity index (χ3n) is 3.38. The molecule has 1 heterocycles. The molecular formula is C17H17F3N2. The zero-order valence-electron chi connectivity index (χ0n) is 12.4. The number of nitrogens with zero attached hydrogens (tertiary/aromatic N) is 1.